The van der Waals surface area contributed by atoms with E-state index in [4.69, 9.17) is 0 Å². The second kappa shape index (κ2) is 5.68. The van der Waals surface area contributed by atoms with Crippen LogP contribution in [0.4, 0.5) is 0 Å². The van der Waals surface area contributed by atoms with Crippen LogP contribution in [-0.2, 0) is 6.54 Å². The monoisotopic (exact) mass is 268 g/mol. The Morgan fingerprint density at radius 3 is 2.72 bits per heavy atom. The number of likely N-dealkylation sites (N-methyl/N-ethyl adjacent to an activating group) is 1. The van der Waals surface area contributed by atoms with E-state index in [2.05, 4.69) is 29.2 Å². The number of rotatable bonds is 4. The Hall–Kier alpha value is -0.450. The van der Waals surface area contributed by atoms with Crippen LogP contribution in [0.15, 0.2) is 5.38 Å². The minimum atomic E-state index is -0.480. The SMILES string of the molecule is Cc1nc(CN(C)CC2(O)CCC(C)CC2)cs1. The average Bonchev–Trinajstić information content (AvgIpc) is 2.68. The van der Waals surface area contributed by atoms with Crippen LogP contribution in [0.1, 0.15) is 43.3 Å². The number of nitrogens with zero attached hydrogens (tertiary/aromatic N) is 2. The summed E-state index contributed by atoms with van der Waals surface area (Å²) in [6.45, 7) is 5.91. The first-order chi connectivity index (χ1) is 8.47. The molecule has 1 N–H and O–H groups in total. The molecule has 1 saturated carbocycles. The lowest BCUT2D eigenvalue weighted by Crippen LogP contribution is -2.43. The number of thiazole rings is 1. The number of aryl methyl sites for hydroxylation is 1. The molecule has 4 heteroatoms. The summed E-state index contributed by atoms with van der Waals surface area (Å²) in [5.41, 5.74) is 0.638. The summed E-state index contributed by atoms with van der Waals surface area (Å²) in [5, 5.41) is 13.8. The minimum absolute atomic E-state index is 0.480. The zero-order valence-corrected chi connectivity index (χ0v) is 12.5. The van der Waals surface area contributed by atoms with Gasteiger partial charge in [-0.1, -0.05) is 6.92 Å². The fraction of sp³-hybridized carbons (Fsp3) is 0.786. The largest absolute Gasteiger partial charge is 0.389 e. The van der Waals surface area contributed by atoms with Crippen LogP contribution < -0.4 is 0 Å². The van der Waals surface area contributed by atoms with Crippen molar-refractivity contribution in [1.82, 2.24) is 9.88 Å². The fourth-order valence-electron chi connectivity index (χ4n) is 2.77. The van der Waals surface area contributed by atoms with Crippen LogP contribution in [-0.4, -0.2) is 34.2 Å². The van der Waals surface area contributed by atoms with Crippen LogP contribution in [0, 0.1) is 12.8 Å². The molecule has 2 rings (SSSR count). The summed E-state index contributed by atoms with van der Waals surface area (Å²) in [5.74, 6) is 0.775. The molecule has 1 heterocycles. The van der Waals surface area contributed by atoms with E-state index in [1.54, 1.807) is 11.3 Å². The third-order valence-corrected chi connectivity index (χ3v) is 4.69. The Labute approximate surface area is 114 Å². The average molecular weight is 268 g/mol. The zero-order valence-electron chi connectivity index (χ0n) is 11.6. The molecular formula is C14H24N2OS. The molecule has 1 aliphatic rings. The normalized spacial score (nSPS) is 28.8. The molecular weight excluding hydrogens is 244 g/mol. The minimum Gasteiger partial charge on any atom is -0.389 e. The van der Waals surface area contributed by atoms with Crippen molar-refractivity contribution in [2.45, 2.75) is 51.7 Å². The second-order valence-electron chi connectivity index (χ2n) is 5.94. The smallest absolute Gasteiger partial charge is 0.0897 e. The fourth-order valence-corrected chi connectivity index (χ4v) is 3.38. The van der Waals surface area contributed by atoms with Gasteiger partial charge in [0.2, 0.25) is 0 Å². The maximum absolute atomic E-state index is 10.6. The molecule has 0 spiro atoms. The van der Waals surface area contributed by atoms with Gasteiger partial charge in [0.25, 0.3) is 0 Å². The molecule has 1 aromatic rings. The number of hydrogen-bond donors (Lipinski definition) is 1. The van der Waals surface area contributed by atoms with Gasteiger partial charge in [-0.05, 0) is 45.6 Å². The van der Waals surface area contributed by atoms with Crippen molar-refractivity contribution < 1.29 is 5.11 Å². The molecule has 0 radical (unpaired) electrons. The Morgan fingerprint density at radius 1 is 1.50 bits per heavy atom. The third-order valence-electron chi connectivity index (χ3n) is 3.87. The van der Waals surface area contributed by atoms with Gasteiger partial charge < -0.3 is 5.11 Å². The van der Waals surface area contributed by atoms with E-state index in [0.29, 0.717) is 0 Å². The highest BCUT2D eigenvalue weighted by molar-refractivity contribution is 7.09. The van der Waals surface area contributed by atoms with Gasteiger partial charge >= 0.3 is 0 Å². The topological polar surface area (TPSA) is 36.4 Å². The van der Waals surface area contributed by atoms with Gasteiger partial charge in [0.05, 0.1) is 16.3 Å². The second-order valence-corrected chi connectivity index (χ2v) is 7.00. The first kappa shape index (κ1) is 14.0. The molecule has 0 atom stereocenters. The van der Waals surface area contributed by atoms with Gasteiger partial charge in [0.15, 0.2) is 0 Å². The first-order valence-electron chi connectivity index (χ1n) is 6.79. The van der Waals surface area contributed by atoms with Crippen molar-refractivity contribution in [3.05, 3.63) is 16.1 Å². The summed E-state index contributed by atoms with van der Waals surface area (Å²) in [4.78, 5) is 6.67. The predicted octanol–water partition coefficient (Wildman–Crippen LogP) is 2.82. The van der Waals surface area contributed by atoms with E-state index >= 15 is 0 Å². The quantitative estimate of drug-likeness (QED) is 0.912. The lowest BCUT2D eigenvalue weighted by molar-refractivity contribution is -0.0316. The molecule has 1 aromatic heterocycles. The van der Waals surface area contributed by atoms with E-state index < -0.39 is 5.60 Å². The van der Waals surface area contributed by atoms with Gasteiger partial charge in [-0.2, -0.15) is 0 Å². The standard InChI is InChI=1S/C14H24N2OS/c1-11-4-6-14(17,7-5-11)10-16(3)8-13-9-18-12(2)15-13/h9,11,17H,4-8,10H2,1-3H3. The van der Waals surface area contributed by atoms with Crippen molar-refractivity contribution in [1.29, 1.82) is 0 Å². The number of hydrogen-bond acceptors (Lipinski definition) is 4. The number of aliphatic hydroxyl groups is 1. The van der Waals surface area contributed by atoms with Gasteiger partial charge in [0.1, 0.15) is 0 Å². The molecule has 0 amide bonds. The van der Waals surface area contributed by atoms with E-state index in [1.165, 1.54) is 0 Å². The summed E-state index contributed by atoms with van der Waals surface area (Å²) >= 11 is 1.69. The zero-order chi connectivity index (χ0) is 13.2. The van der Waals surface area contributed by atoms with Crippen LogP contribution in [0.3, 0.4) is 0 Å². The lowest BCUT2D eigenvalue weighted by atomic mass is 9.79. The lowest BCUT2D eigenvalue weighted by Gasteiger charge is -2.37. The molecule has 3 nitrogen and oxygen atoms in total. The van der Waals surface area contributed by atoms with Crippen molar-refractivity contribution in [3.63, 3.8) is 0 Å². The van der Waals surface area contributed by atoms with Gasteiger partial charge in [0, 0.05) is 18.5 Å². The molecule has 0 aromatic carbocycles. The summed E-state index contributed by atoms with van der Waals surface area (Å²) in [6, 6.07) is 0. The van der Waals surface area contributed by atoms with Gasteiger partial charge in [-0.25, -0.2) is 4.98 Å². The predicted molar refractivity (Wildman–Crippen MR) is 75.8 cm³/mol. The maximum atomic E-state index is 10.6. The molecule has 18 heavy (non-hydrogen) atoms. The summed E-state index contributed by atoms with van der Waals surface area (Å²) in [6.07, 6.45) is 4.18. The van der Waals surface area contributed by atoms with Crippen LogP contribution in [0.2, 0.25) is 0 Å². The van der Waals surface area contributed by atoms with Crippen molar-refractivity contribution in [2.24, 2.45) is 5.92 Å². The Morgan fingerprint density at radius 2 is 2.17 bits per heavy atom. The van der Waals surface area contributed by atoms with E-state index in [1.807, 2.05) is 6.92 Å². The van der Waals surface area contributed by atoms with Gasteiger partial charge in [-0.15, -0.1) is 11.3 Å². The highest BCUT2D eigenvalue weighted by Gasteiger charge is 2.32. The van der Waals surface area contributed by atoms with Crippen LogP contribution >= 0.6 is 11.3 Å². The summed E-state index contributed by atoms with van der Waals surface area (Å²) < 4.78 is 0. The Balaban J connectivity index is 1.85. The third kappa shape index (κ3) is 3.77. The van der Waals surface area contributed by atoms with Crippen molar-refractivity contribution >= 4 is 11.3 Å². The van der Waals surface area contributed by atoms with E-state index in [9.17, 15) is 5.11 Å². The van der Waals surface area contributed by atoms with Crippen LogP contribution in [0.5, 0.6) is 0 Å². The molecule has 0 saturated heterocycles. The van der Waals surface area contributed by atoms with E-state index in [-0.39, 0.29) is 0 Å². The van der Waals surface area contributed by atoms with Gasteiger partial charge in [-0.3, -0.25) is 4.90 Å². The highest BCUT2D eigenvalue weighted by Crippen LogP contribution is 2.32. The number of aromatic nitrogens is 1. The molecule has 0 unspecified atom stereocenters. The van der Waals surface area contributed by atoms with Crippen molar-refractivity contribution in [2.75, 3.05) is 13.6 Å². The first-order valence-corrected chi connectivity index (χ1v) is 7.67. The highest BCUT2D eigenvalue weighted by atomic mass is 32.1. The Bertz CT molecular complexity index is 383. The molecule has 102 valence electrons. The summed E-state index contributed by atoms with van der Waals surface area (Å²) in [7, 11) is 2.07. The maximum Gasteiger partial charge on any atom is 0.0897 e. The Kier molecular flexibility index (Phi) is 4.41. The molecule has 1 fully saturated rings. The van der Waals surface area contributed by atoms with Crippen LogP contribution in [0.25, 0.3) is 0 Å². The molecule has 1 aliphatic carbocycles. The van der Waals surface area contributed by atoms with Crippen molar-refractivity contribution in [3.8, 4) is 0 Å². The molecule has 0 aliphatic heterocycles. The van der Waals surface area contributed by atoms with E-state index in [0.717, 1.165) is 55.4 Å². The molecule has 0 bridgehead atoms.